The number of likely N-dealkylation sites (tertiary alicyclic amines) is 1. The summed E-state index contributed by atoms with van der Waals surface area (Å²) in [6, 6.07) is 14.6. The molecule has 0 aliphatic carbocycles. The first-order valence-electron chi connectivity index (χ1n) is 8.96. The second kappa shape index (κ2) is 8.97. The molecule has 0 spiro atoms. The van der Waals surface area contributed by atoms with Crippen molar-refractivity contribution >= 4 is 11.7 Å². The zero-order valence-electron chi connectivity index (χ0n) is 15.1. The maximum Gasteiger partial charge on any atom is 0.573 e. The Morgan fingerprint density at radius 2 is 1.82 bits per heavy atom. The van der Waals surface area contributed by atoms with E-state index in [2.05, 4.69) is 10.1 Å². The SMILES string of the molecule is O=C(Nc1ccccc1)N1CCCC(OCc2ccc(OC(F)(F)F)cc2)C1. The van der Waals surface area contributed by atoms with Crippen molar-refractivity contribution in [1.29, 1.82) is 0 Å². The van der Waals surface area contributed by atoms with E-state index in [1.165, 1.54) is 24.3 Å². The van der Waals surface area contributed by atoms with Gasteiger partial charge in [-0.05, 0) is 42.7 Å². The molecule has 2 aromatic carbocycles. The minimum Gasteiger partial charge on any atom is -0.406 e. The number of nitrogens with zero attached hydrogens (tertiary/aromatic N) is 1. The van der Waals surface area contributed by atoms with Gasteiger partial charge in [-0.1, -0.05) is 30.3 Å². The fraction of sp³-hybridized carbons (Fsp3) is 0.350. The summed E-state index contributed by atoms with van der Waals surface area (Å²) in [6.07, 6.45) is -3.18. The van der Waals surface area contributed by atoms with Crippen LogP contribution in [-0.2, 0) is 11.3 Å². The number of amides is 2. The van der Waals surface area contributed by atoms with Crippen LogP contribution in [0.2, 0.25) is 0 Å². The van der Waals surface area contributed by atoms with Crippen molar-refractivity contribution in [3.63, 3.8) is 0 Å². The number of ether oxygens (including phenoxy) is 2. The number of nitrogens with one attached hydrogen (secondary N) is 1. The van der Waals surface area contributed by atoms with E-state index in [9.17, 15) is 18.0 Å². The van der Waals surface area contributed by atoms with Crippen molar-refractivity contribution < 1.29 is 27.4 Å². The van der Waals surface area contributed by atoms with E-state index in [1.54, 1.807) is 4.90 Å². The first-order valence-corrected chi connectivity index (χ1v) is 8.96. The summed E-state index contributed by atoms with van der Waals surface area (Å²) in [5.41, 5.74) is 1.47. The Hall–Kier alpha value is -2.74. The van der Waals surface area contributed by atoms with E-state index >= 15 is 0 Å². The molecule has 0 aromatic heterocycles. The lowest BCUT2D eigenvalue weighted by molar-refractivity contribution is -0.274. The second-order valence-electron chi connectivity index (χ2n) is 6.51. The number of para-hydroxylation sites is 1. The summed E-state index contributed by atoms with van der Waals surface area (Å²) in [4.78, 5) is 14.1. The first kappa shape index (κ1) is 20.0. The number of hydrogen-bond acceptors (Lipinski definition) is 3. The third-order valence-corrected chi connectivity index (χ3v) is 4.33. The number of benzene rings is 2. The largest absolute Gasteiger partial charge is 0.573 e. The highest BCUT2D eigenvalue weighted by atomic mass is 19.4. The number of alkyl halides is 3. The van der Waals surface area contributed by atoms with E-state index in [-0.39, 0.29) is 24.5 Å². The summed E-state index contributed by atoms with van der Waals surface area (Å²) >= 11 is 0. The monoisotopic (exact) mass is 394 g/mol. The fourth-order valence-corrected chi connectivity index (χ4v) is 2.98. The van der Waals surface area contributed by atoms with Crippen molar-refractivity contribution in [2.45, 2.75) is 31.9 Å². The van der Waals surface area contributed by atoms with Gasteiger partial charge in [0.2, 0.25) is 0 Å². The molecule has 2 aromatic rings. The summed E-state index contributed by atoms with van der Waals surface area (Å²) in [7, 11) is 0. The Balaban J connectivity index is 1.47. The van der Waals surface area contributed by atoms with Crippen LogP contribution in [0.25, 0.3) is 0 Å². The minimum absolute atomic E-state index is 0.124. The molecule has 5 nitrogen and oxygen atoms in total. The van der Waals surface area contributed by atoms with Crippen LogP contribution in [0.5, 0.6) is 5.75 Å². The number of anilines is 1. The smallest absolute Gasteiger partial charge is 0.406 e. The molecule has 0 radical (unpaired) electrons. The molecule has 1 heterocycles. The lowest BCUT2D eigenvalue weighted by Crippen LogP contribution is -2.45. The number of piperidine rings is 1. The van der Waals surface area contributed by atoms with Gasteiger partial charge in [0.15, 0.2) is 0 Å². The molecule has 3 rings (SSSR count). The highest BCUT2D eigenvalue weighted by molar-refractivity contribution is 5.89. The van der Waals surface area contributed by atoms with Gasteiger partial charge in [-0.15, -0.1) is 13.2 Å². The van der Waals surface area contributed by atoms with Crippen LogP contribution in [-0.4, -0.2) is 36.5 Å². The van der Waals surface area contributed by atoms with Crippen LogP contribution in [0.1, 0.15) is 18.4 Å². The zero-order valence-corrected chi connectivity index (χ0v) is 15.1. The number of halogens is 3. The molecule has 28 heavy (non-hydrogen) atoms. The number of carbonyl (C=O) groups is 1. The Labute approximate surface area is 161 Å². The Morgan fingerprint density at radius 3 is 2.50 bits per heavy atom. The van der Waals surface area contributed by atoms with Crippen LogP contribution >= 0.6 is 0 Å². The van der Waals surface area contributed by atoms with Crippen LogP contribution in [0, 0.1) is 0 Å². The van der Waals surface area contributed by atoms with E-state index < -0.39 is 6.36 Å². The van der Waals surface area contributed by atoms with E-state index in [0.717, 1.165) is 24.1 Å². The van der Waals surface area contributed by atoms with Crippen molar-refractivity contribution in [3.8, 4) is 5.75 Å². The molecule has 2 amide bonds. The summed E-state index contributed by atoms with van der Waals surface area (Å²) < 4.78 is 46.3. The van der Waals surface area contributed by atoms with Crippen LogP contribution in [0.15, 0.2) is 54.6 Å². The molecule has 1 N–H and O–H groups in total. The van der Waals surface area contributed by atoms with Gasteiger partial charge in [0.05, 0.1) is 12.7 Å². The van der Waals surface area contributed by atoms with Crippen LogP contribution in [0.3, 0.4) is 0 Å². The normalized spacial score (nSPS) is 17.2. The quantitative estimate of drug-likeness (QED) is 0.793. The molecule has 8 heteroatoms. The fourth-order valence-electron chi connectivity index (χ4n) is 2.98. The van der Waals surface area contributed by atoms with E-state index in [4.69, 9.17) is 4.74 Å². The summed E-state index contributed by atoms with van der Waals surface area (Å²) in [6.45, 7) is 1.38. The topological polar surface area (TPSA) is 50.8 Å². The molecular weight excluding hydrogens is 373 g/mol. The molecule has 1 fully saturated rings. The Morgan fingerprint density at radius 1 is 1.11 bits per heavy atom. The molecule has 1 aliphatic heterocycles. The maximum absolute atomic E-state index is 12.4. The Kier molecular flexibility index (Phi) is 6.41. The van der Waals surface area contributed by atoms with Gasteiger partial charge in [-0.3, -0.25) is 0 Å². The van der Waals surface area contributed by atoms with Gasteiger partial charge >= 0.3 is 12.4 Å². The second-order valence-corrected chi connectivity index (χ2v) is 6.51. The summed E-state index contributed by atoms with van der Waals surface area (Å²) in [5, 5.41) is 2.86. The van der Waals surface area contributed by atoms with E-state index in [0.29, 0.717) is 13.1 Å². The molecule has 150 valence electrons. The third-order valence-electron chi connectivity index (χ3n) is 4.33. The lowest BCUT2D eigenvalue weighted by atomic mass is 10.1. The van der Waals surface area contributed by atoms with E-state index in [1.807, 2.05) is 30.3 Å². The number of carbonyl (C=O) groups excluding carboxylic acids is 1. The number of urea groups is 1. The Bertz CT molecular complexity index is 767. The molecule has 1 aliphatic rings. The summed E-state index contributed by atoms with van der Waals surface area (Å²) in [5.74, 6) is -0.266. The van der Waals surface area contributed by atoms with Gasteiger partial charge in [0, 0.05) is 18.8 Å². The van der Waals surface area contributed by atoms with Crippen LogP contribution in [0.4, 0.5) is 23.7 Å². The molecule has 1 atom stereocenters. The van der Waals surface area contributed by atoms with Gasteiger partial charge < -0.3 is 19.7 Å². The number of rotatable bonds is 5. The first-order chi connectivity index (χ1) is 13.4. The lowest BCUT2D eigenvalue weighted by Gasteiger charge is -2.32. The van der Waals surface area contributed by atoms with Gasteiger partial charge in [0.1, 0.15) is 5.75 Å². The predicted molar refractivity (Wildman–Crippen MR) is 98.0 cm³/mol. The standard InChI is InChI=1S/C20H21F3N2O3/c21-20(22,23)28-17-10-8-15(9-11-17)14-27-18-7-4-12-25(13-18)19(26)24-16-5-2-1-3-6-16/h1-3,5-6,8-11,18H,4,7,12-14H2,(H,24,26). The highest BCUT2D eigenvalue weighted by Crippen LogP contribution is 2.23. The average molecular weight is 394 g/mol. The predicted octanol–water partition coefficient (Wildman–Crippen LogP) is 4.80. The van der Waals surface area contributed by atoms with Crippen molar-refractivity contribution in [3.05, 3.63) is 60.2 Å². The maximum atomic E-state index is 12.4. The average Bonchev–Trinajstić information content (AvgIpc) is 2.67. The van der Waals surface area contributed by atoms with Crippen molar-refractivity contribution in [1.82, 2.24) is 4.90 Å². The molecular formula is C20H21F3N2O3. The van der Waals surface area contributed by atoms with Gasteiger partial charge in [-0.2, -0.15) is 0 Å². The van der Waals surface area contributed by atoms with Gasteiger partial charge in [0.25, 0.3) is 0 Å². The van der Waals surface area contributed by atoms with Crippen molar-refractivity contribution in [2.75, 3.05) is 18.4 Å². The molecule has 1 saturated heterocycles. The third kappa shape index (κ3) is 6.16. The van der Waals surface area contributed by atoms with Gasteiger partial charge in [-0.25, -0.2) is 4.79 Å². The minimum atomic E-state index is -4.70. The molecule has 1 unspecified atom stereocenters. The van der Waals surface area contributed by atoms with Crippen LogP contribution < -0.4 is 10.1 Å². The van der Waals surface area contributed by atoms with Crippen molar-refractivity contribution in [2.24, 2.45) is 0 Å². The highest BCUT2D eigenvalue weighted by Gasteiger charge is 2.31. The zero-order chi connectivity index (χ0) is 20.0. The number of hydrogen-bond donors (Lipinski definition) is 1. The molecule has 0 saturated carbocycles. The molecule has 0 bridgehead atoms.